The van der Waals surface area contributed by atoms with Gasteiger partial charge in [-0.2, -0.15) is 0 Å². The van der Waals surface area contributed by atoms with Gasteiger partial charge in [-0.1, -0.05) is 44.0 Å². The van der Waals surface area contributed by atoms with Crippen LogP contribution < -0.4 is 15.5 Å². The molecule has 1 atom stereocenters. The third kappa shape index (κ3) is 7.55. The van der Waals surface area contributed by atoms with E-state index in [0.717, 1.165) is 24.7 Å². The van der Waals surface area contributed by atoms with Crippen LogP contribution in [0.3, 0.4) is 0 Å². The highest BCUT2D eigenvalue weighted by Gasteiger charge is 2.51. The van der Waals surface area contributed by atoms with E-state index in [1.165, 1.54) is 24.3 Å². The second-order valence-electron chi connectivity index (χ2n) is 10.2. The van der Waals surface area contributed by atoms with E-state index >= 15 is 0 Å². The van der Waals surface area contributed by atoms with Gasteiger partial charge < -0.3 is 24.1 Å². The molecule has 0 aromatic heterocycles. The second kappa shape index (κ2) is 12.4. The van der Waals surface area contributed by atoms with E-state index in [1.807, 2.05) is 39.8 Å². The van der Waals surface area contributed by atoms with Crippen LogP contribution >= 0.6 is 0 Å². The summed E-state index contributed by atoms with van der Waals surface area (Å²) in [4.78, 5) is 35.1. The lowest BCUT2D eigenvalue weighted by molar-refractivity contribution is -0.384. The van der Waals surface area contributed by atoms with Gasteiger partial charge in [-0.25, -0.2) is 4.79 Å². The van der Waals surface area contributed by atoms with E-state index in [4.69, 9.17) is 18.8 Å². The monoisotopic (exact) mass is 526 g/mol. The van der Waals surface area contributed by atoms with Crippen molar-refractivity contribution >= 4 is 30.3 Å². The van der Waals surface area contributed by atoms with Crippen LogP contribution in [-0.2, 0) is 18.8 Å². The van der Waals surface area contributed by atoms with Crippen LogP contribution in [0.4, 0.5) is 10.5 Å². The molecule has 2 aromatic rings. The van der Waals surface area contributed by atoms with E-state index in [0.29, 0.717) is 12.0 Å². The standard InChI is InChI=1S/C27H35BN2O8/c1-6-7-8-9-24(31)29-18-23(36-25(32)35-22-16-14-21(15-17-22)30(33)34)19-10-12-20(13-11-19)28-37-26(2,3)27(4,5)38-28/h10-17,23H,6-9,18H2,1-5H3,(H,29,31). The molecule has 1 N–H and O–H groups in total. The lowest BCUT2D eigenvalue weighted by Gasteiger charge is -2.32. The summed E-state index contributed by atoms with van der Waals surface area (Å²) in [6.07, 6.45) is 1.29. The maximum atomic E-state index is 12.6. The highest BCUT2D eigenvalue weighted by atomic mass is 16.7. The largest absolute Gasteiger partial charge is 0.514 e. The number of ether oxygens (including phenoxy) is 2. The molecule has 0 bridgehead atoms. The summed E-state index contributed by atoms with van der Waals surface area (Å²) in [6, 6.07) is 12.3. The average molecular weight is 526 g/mol. The van der Waals surface area contributed by atoms with Crippen LogP contribution in [0.5, 0.6) is 5.75 Å². The summed E-state index contributed by atoms with van der Waals surface area (Å²) in [5.41, 5.74) is 0.358. The fraction of sp³-hybridized carbons (Fsp3) is 0.481. The molecule has 204 valence electrons. The molecule has 1 fully saturated rings. The molecule has 2 aromatic carbocycles. The minimum absolute atomic E-state index is 0.0517. The normalized spacial score (nSPS) is 16.5. The predicted molar refractivity (Wildman–Crippen MR) is 142 cm³/mol. The topological polar surface area (TPSA) is 126 Å². The molecule has 10 nitrogen and oxygen atoms in total. The molecule has 1 amide bonds. The maximum Gasteiger partial charge on any atom is 0.514 e. The van der Waals surface area contributed by atoms with Gasteiger partial charge in [0.05, 0.1) is 22.7 Å². The number of amides is 1. The third-order valence-electron chi connectivity index (χ3n) is 6.81. The van der Waals surface area contributed by atoms with Crippen LogP contribution in [-0.4, -0.2) is 41.9 Å². The fourth-order valence-corrected chi connectivity index (χ4v) is 3.78. The van der Waals surface area contributed by atoms with E-state index in [1.54, 1.807) is 12.1 Å². The molecule has 0 saturated carbocycles. The van der Waals surface area contributed by atoms with Crippen molar-refractivity contribution in [3.05, 3.63) is 64.2 Å². The molecule has 1 saturated heterocycles. The average Bonchev–Trinajstić information content (AvgIpc) is 3.09. The SMILES string of the molecule is CCCCCC(=O)NCC(OC(=O)Oc1ccc([N+](=O)[O-])cc1)c1ccc(B2OC(C)(C)C(C)(C)O2)cc1. The number of unbranched alkanes of at least 4 members (excludes halogenated alkanes) is 2. The predicted octanol–water partition coefficient (Wildman–Crippen LogP) is 4.85. The van der Waals surface area contributed by atoms with Gasteiger partial charge in [0.15, 0.2) is 0 Å². The molecular weight excluding hydrogens is 491 g/mol. The van der Waals surface area contributed by atoms with E-state index in [2.05, 4.69) is 12.2 Å². The van der Waals surface area contributed by atoms with E-state index < -0.39 is 35.5 Å². The molecule has 38 heavy (non-hydrogen) atoms. The second-order valence-corrected chi connectivity index (χ2v) is 10.2. The Hall–Kier alpha value is -3.44. The van der Waals surface area contributed by atoms with Crippen molar-refractivity contribution in [2.75, 3.05) is 6.54 Å². The number of nitrogens with one attached hydrogen (secondary N) is 1. The van der Waals surface area contributed by atoms with Crippen LogP contribution in [0.1, 0.15) is 72.0 Å². The highest BCUT2D eigenvalue weighted by molar-refractivity contribution is 6.62. The Balaban J connectivity index is 1.71. The molecule has 0 aliphatic carbocycles. The van der Waals surface area contributed by atoms with E-state index in [-0.39, 0.29) is 23.9 Å². The number of hydrogen-bond donors (Lipinski definition) is 1. The van der Waals surface area contributed by atoms with Gasteiger partial charge in [0.1, 0.15) is 11.9 Å². The van der Waals surface area contributed by atoms with Crippen molar-refractivity contribution in [3.8, 4) is 5.75 Å². The zero-order chi connectivity index (χ0) is 27.9. The van der Waals surface area contributed by atoms with Crippen LogP contribution in [0, 0.1) is 10.1 Å². The van der Waals surface area contributed by atoms with Gasteiger partial charge in [0, 0.05) is 18.6 Å². The molecular formula is C27H35BN2O8. The zero-order valence-corrected chi connectivity index (χ0v) is 22.5. The van der Waals surface area contributed by atoms with Crippen LogP contribution in [0.15, 0.2) is 48.5 Å². The molecule has 1 aliphatic rings. The van der Waals surface area contributed by atoms with Crippen molar-refractivity contribution in [2.45, 2.75) is 77.6 Å². The molecule has 0 radical (unpaired) electrons. The molecule has 3 rings (SSSR count). The molecule has 1 unspecified atom stereocenters. The summed E-state index contributed by atoms with van der Waals surface area (Å²) < 4.78 is 23.0. The Morgan fingerprint density at radius 2 is 1.61 bits per heavy atom. The summed E-state index contributed by atoms with van der Waals surface area (Å²) in [5, 5.41) is 13.7. The number of nitro groups is 1. The van der Waals surface area contributed by atoms with Crippen molar-refractivity contribution in [3.63, 3.8) is 0 Å². The van der Waals surface area contributed by atoms with Gasteiger partial charge >= 0.3 is 13.3 Å². The van der Waals surface area contributed by atoms with Gasteiger partial charge in [-0.05, 0) is 57.3 Å². The maximum absolute atomic E-state index is 12.6. The van der Waals surface area contributed by atoms with Crippen molar-refractivity contribution < 1.29 is 33.3 Å². The number of carbonyl (C=O) groups excluding carboxylic acids is 2. The Morgan fingerprint density at radius 1 is 1.00 bits per heavy atom. The minimum Gasteiger partial charge on any atom is -0.424 e. The third-order valence-corrected chi connectivity index (χ3v) is 6.81. The number of hydrogen-bond acceptors (Lipinski definition) is 8. The quantitative estimate of drug-likeness (QED) is 0.110. The first-order valence-corrected chi connectivity index (χ1v) is 12.8. The Labute approximate surface area is 223 Å². The van der Waals surface area contributed by atoms with E-state index in [9.17, 15) is 19.7 Å². The van der Waals surface area contributed by atoms with Crippen molar-refractivity contribution in [1.82, 2.24) is 5.32 Å². The van der Waals surface area contributed by atoms with Gasteiger partial charge in [0.2, 0.25) is 5.91 Å². The molecule has 11 heteroatoms. The summed E-state index contributed by atoms with van der Waals surface area (Å²) >= 11 is 0. The molecule has 1 aliphatic heterocycles. The molecule has 0 spiro atoms. The first kappa shape index (κ1) is 29.1. The fourth-order valence-electron chi connectivity index (χ4n) is 3.78. The van der Waals surface area contributed by atoms with Gasteiger partial charge in [-0.3, -0.25) is 14.9 Å². The molecule has 1 heterocycles. The minimum atomic E-state index is -1.00. The smallest absolute Gasteiger partial charge is 0.424 e. The van der Waals surface area contributed by atoms with Gasteiger partial charge in [-0.15, -0.1) is 0 Å². The summed E-state index contributed by atoms with van der Waals surface area (Å²) in [5.74, 6) is -0.0383. The van der Waals surface area contributed by atoms with Crippen LogP contribution in [0.2, 0.25) is 0 Å². The lowest BCUT2D eigenvalue weighted by atomic mass is 9.78. The number of nitrogens with zero attached hydrogens (tertiary/aromatic N) is 1. The number of rotatable bonds is 11. The highest BCUT2D eigenvalue weighted by Crippen LogP contribution is 2.36. The van der Waals surface area contributed by atoms with Gasteiger partial charge in [0.25, 0.3) is 5.69 Å². The number of carbonyl (C=O) groups is 2. The zero-order valence-electron chi connectivity index (χ0n) is 22.5. The van der Waals surface area contributed by atoms with Crippen molar-refractivity contribution in [2.24, 2.45) is 0 Å². The number of benzene rings is 2. The number of nitro benzene ring substituents is 1. The Bertz CT molecular complexity index is 1100. The summed E-state index contributed by atoms with van der Waals surface area (Å²) in [6.45, 7) is 10.0. The first-order chi connectivity index (χ1) is 17.9. The Kier molecular flexibility index (Phi) is 9.51. The first-order valence-electron chi connectivity index (χ1n) is 12.8. The van der Waals surface area contributed by atoms with Crippen LogP contribution in [0.25, 0.3) is 0 Å². The number of non-ortho nitro benzene ring substituents is 1. The summed E-state index contributed by atoms with van der Waals surface area (Å²) in [7, 11) is -0.543. The Morgan fingerprint density at radius 3 is 2.16 bits per heavy atom. The lowest BCUT2D eigenvalue weighted by Crippen LogP contribution is -2.41. The van der Waals surface area contributed by atoms with Crippen molar-refractivity contribution in [1.29, 1.82) is 0 Å².